The highest BCUT2D eigenvalue weighted by Gasteiger charge is 2.30. The van der Waals surface area contributed by atoms with Crippen molar-refractivity contribution in [2.75, 3.05) is 20.8 Å². The summed E-state index contributed by atoms with van der Waals surface area (Å²) in [7, 11) is 3.05. The first kappa shape index (κ1) is 26.6. The van der Waals surface area contributed by atoms with Crippen LogP contribution in [-0.2, 0) is 16.1 Å². The molecule has 2 amide bonds. The number of amides is 2. The molecule has 2 aromatic carbocycles. The maximum absolute atomic E-state index is 13.3. The number of halogens is 2. The van der Waals surface area contributed by atoms with Crippen LogP contribution in [-0.4, -0.2) is 49.6 Å². The summed E-state index contributed by atoms with van der Waals surface area (Å²) in [5, 5.41) is 3.70. The van der Waals surface area contributed by atoms with Crippen LogP contribution in [0.4, 0.5) is 0 Å². The molecule has 0 fully saturated rings. The highest BCUT2D eigenvalue weighted by atomic mass is 35.5. The molecule has 0 radical (unpaired) electrons. The third-order valence-corrected chi connectivity index (χ3v) is 5.60. The van der Waals surface area contributed by atoms with Gasteiger partial charge in [0, 0.05) is 46.4 Å². The largest absolute Gasteiger partial charge is 0.496 e. The number of ether oxygens (including phenoxy) is 3. The number of nitrogens with zero attached hydrogens (tertiary/aromatic N) is 1. The molecule has 9 heteroatoms. The van der Waals surface area contributed by atoms with Gasteiger partial charge in [0.1, 0.15) is 23.3 Å². The molecule has 2 aromatic rings. The zero-order chi connectivity index (χ0) is 24.5. The second-order valence-electron chi connectivity index (χ2n) is 7.65. The molecule has 1 unspecified atom stereocenters. The van der Waals surface area contributed by atoms with Gasteiger partial charge in [0.2, 0.25) is 5.91 Å². The smallest absolute Gasteiger partial charge is 0.261 e. The van der Waals surface area contributed by atoms with E-state index in [9.17, 15) is 9.59 Å². The number of nitrogens with one attached hydrogen (secondary N) is 1. The lowest BCUT2D eigenvalue weighted by atomic mass is 10.1. The van der Waals surface area contributed by atoms with Crippen molar-refractivity contribution in [1.29, 1.82) is 0 Å². The average molecular weight is 497 g/mol. The van der Waals surface area contributed by atoms with E-state index in [-0.39, 0.29) is 25.1 Å². The monoisotopic (exact) mass is 496 g/mol. The van der Waals surface area contributed by atoms with E-state index in [0.717, 1.165) is 0 Å². The number of hydrogen-bond acceptors (Lipinski definition) is 5. The molecule has 0 spiro atoms. The summed E-state index contributed by atoms with van der Waals surface area (Å²) in [6.07, 6.45) is 0.402. The van der Waals surface area contributed by atoms with E-state index in [2.05, 4.69) is 5.32 Å². The number of hydrogen-bond donors (Lipinski definition) is 1. The second-order valence-corrected chi connectivity index (χ2v) is 8.46. The number of carbonyl (C=O) groups is 2. The van der Waals surface area contributed by atoms with Gasteiger partial charge in [0.15, 0.2) is 6.61 Å². The van der Waals surface area contributed by atoms with Gasteiger partial charge in [0.05, 0.1) is 14.2 Å². The Kier molecular flexibility index (Phi) is 10.1. The molecule has 180 valence electrons. The molecule has 0 aliphatic heterocycles. The first-order valence-corrected chi connectivity index (χ1v) is 11.3. The van der Waals surface area contributed by atoms with Crippen molar-refractivity contribution in [3.8, 4) is 17.2 Å². The molecular weight excluding hydrogens is 467 g/mol. The van der Waals surface area contributed by atoms with Gasteiger partial charge in [-0.05, 0) is 32.4 Å². The van der Waals surface area contributed by atoms with Crippen molar-refractivity contribution in [3.05, 3.63) is 52.0 Å². The van der Waals surface area contributed by atoms with Crippen LogP contribution < -0.4 is 19.5 Å². The van der Waals surface area contributed by atoms with Crippen molar-refractivity contribution in [1.82, 2.24) is 10.2 Å². The van der Waals surface area contributed by atoms with E-state index in [0.29, 0.717) is 39.3 Å². The Bertz CT molecular complexity index is 925. The quantitative estimate of drug-likeness (QED) is 0.486. The van der Waals surface area contributed by atoms with Gasteiger partial charge in [-0.1, -0.05) is 36.2 Å². The lowest BCUT2D eigenvalue weighted by Crippen LogP contribution is -2.51. The summed E-state index contributed by atoms with van der Waals surface area (Å²) in [5.74, 6) is 0.805. The van der Waals surface area contributed by atoms with Crippen molar-refractivity contribution in [2.45, 2.75) is 45.8 Å². The van der Waals surface area contributed by atoms with Crippen molar-refractivity contribution in [2.24, 2.45) is 0 Å². The Morgan fingerprint density at radius 2 is 1.55 bits per heavy atom. The zero-order valence-corrected chi connectivity index (χ0v) is 21.0. The lowest BCUT2D eigenvalue weighted by Gasteiger charge is -2.31. The van der Waals surface area contributed by atoms with Crippen LogP contribution in [0.2, 0.25) is 10.0 Å². The van der Waals surface area contributed by atoms with Gasteiger partial charge in [-0.25, -0.2) is 0 Å². The fraction of sp³-hybridized carbons (Fsp3) is 0.417. The zero-order valence-electron chi connectivity index (χ0n) is 19.5. The maximum atomic E-state index is 13.3. The van der Waals surface area contributed by atoms with E-state index < -0.39 is 11.9 Å². The van der Waals surface area contributed by atoms with E-state index in [4.69, 9.17) is 37.4 Å². The summed E-state index contributed by atoms with van der Waals surface area (Å²) in [6, 6.07) is 9.30. The third kappa shape index (κ3) is 7.44. The topological polar surface area (TPSA) is 77.1 Å². The fourth-order valence-electron chi connectivity index (χ4n) is 3.25. The minimum absolute atomic E-state index is 0.0617. The van der Waals surface area contributed by atoms with E-state index in [1.54, 1.807) is 36.4 Å². The Hall–Kier alpha value is -2.64. The van der Waals surface area contributed by atoms with Crippen molar-refractivity contribution < 1.29 is 23.8 Å². The highest BCUT2D eigenvalue weighted by molar-refractivity contribution is 6.36. The Morgan fingerprint density at radius 3 is 2.03 bits per heavy atom. The fourth-order valence-corrected chi connectivity index (χ4v) is 3.76. The van der Waals surface area contributed by atoms with Crippen LogP contribution in [0.5, 0.6) is 17.2 Å². The summed E-state index contributed by atoms with van der Waals surface area (Å²) in [6.45, 7) is 5.32. The maximum Gasteiger partial charge on any atom is 0.261 e. The van der Waals surface area contributed by atoms with Gasteiger partial charge < -0.3 is 24.4 Å². The van der Waals surface area contributed by atoms with E-state index in [1.807, 2.05) is 20.8 Å². The Labute approximate surface area is 204 Å². The second kappa shape index (κ2) is 12.6. The van der Waals surface area contributed by atoms with Gasteiger partial charge >= 0.3 is 0 Å². The van der Waals surface area contributed by atoms with Crippen molar-refractivity contribution >= 4 is 35.0 Å². The van der Waals surface area contributed by atoms with Gasteiger partial charge in [-0.2, -0.15) is 0 Å². The predicted octanol–water partition coefficient (Wildman–Crippen LogP) is 4.72. The molecule has 0 bridgehead atoms. The number of methoxy groups -OCH3 is 2. The minimum atomic E-state index is -0.726. The molecule has 0 saturated carbocycles. The van der Waals surface area contributed by atoms with Crippen LogP contribution in [0.1, 0.15) is 32.8 Å². The molecule has 0 aliphatic carbocycles. The number of benzene rings is 2. The standard InChI is InChI=1S/C24H30Cl2N2O5/c1-6-22(24(30)27-15(2)3)28(13-19-20(25)8-7-9-21(19)26)23(29)14-33-18-11-16(31-4)10-17(12-18)32-5/h7-12,15,22H,6,13-14H2,1-5H3,(H,27,30). The number of rotatable bonds is 11. The summed E-state index contributed by atoms with van der Waals surface area (Å²) >= 11 is 12.7. The highest BCUT2D eigenvalue weighted by Crippen LogP contribution is 2.29. The summed E-state index contributed by atoms with van der Waals surface area (Å²) in [4.78, 5) is 27.6. The minimum Gasteiger partial charge on any atom is -0.496 e. The van der Waals surface area contributed by atoms with Crippen LogP contribution >= 0.6 is 23.2 Å². The predicted molar refractivity (Wildman–Crippen MR) is 129 cm³/mol. The first-order chi connectivity index (χ1) is 15.7. The molecule has 1 atom stereocenters. The van der Waals surface area contributed by atoms with Crippen LogP contribution in [0.25, 0.3) is 0 Å². The van der Waals surface area contributed by atoms with Gasteiger partial charge in [-0.15, -0.1) is 0 Å². The molecule has 7 nitrogen and oxygen atoms in total. The summed E-state index contributed by atoms with van der Waals surface area (Å²) in [5.41, 5.74) is 0.563. The van der Waals surface area contributed by atoms with Crippen molar-refractivity contribution in [3.63, 3.8) is 0 Å². The third-order valence-electron chi connectivity index (χ3n) is 4.89. The Balaban J connectivity index is 2.31. The van der Waals surface area contributed by atoms with Crippen LogP contribution in [0, 0.1) is 0 Å². The Morgan fingerprint density at radius 1 is 1.00 bits per heavy atom. The van der Waals surface area contributed by atoms with E-state index in [1.165, 1.54) is 19.1 Å². The first-order valence-electron chi connectivity index (χ1n) is 10.6. The van der Waals surface area contributed by atoms with E-state index >= 15 is 0 Å². The molecule has 0 aromatic heterocycles. The SMILES string of the molecule is CCC(C(=O)NC(C)C)N(Cc1c(Cl)cccc1Cl)C(=O)COc1cc(OC)cc(OC)c1. The number of carbonyl (C=O) groups excluding carboxylic acids is 2. The summed E-state index contributed by atoms with van der Waals surface area (Å²) < 4.78 is 16.2. The molecule has 0 heterocycles. The molecule has 2 rings (SSSR count). The van der Waals surface area contributed by atoms with Crippen LogP contribution in [0.3, 0.4) is 0 Å². The molecule has 33 heavy (non-hydrogen) atoms. The molecule has 0 aliphatic rings. The lowest BCUT2D eigenvalue weighted by molar-refractivity contribution is -0.143. The van der Waals surface area contributed by atoms with Crippen LogP contribution in [0.15, 0.2) is 36.4 Å². The average Bonchev–Trinajstić information content (AvgIpc) is 2.78. The van der Waals surface area contributed by atoms with Gasteiger partial charge in [-0.3, -0.25) is 9.59 Å². The molecular formula is C24H30Cl2N2O5. The molecule has 0 saturated heterocycles. The normalized spacial score (nSPS) is 11.6. The molecule has 1 N–H and O–H groups in total. The van der Waals surface area contributed by atoms with Gasteiger partial charge in [0.25, 0.3) is 5.91 Å².